The van der Waals surface area contributed by atoms with Gasteiger partial charge in [0, 0.05) is 11.9 Å². The number of aliphatic hydroxyl groups excluding tert-OH is 1. The lowest BCUT2D eigenvalue weighted by molar-refractivity contribution is -0.389. The quantitative estimate of drug-likeness (QED) is 0.558. The van der Waals surface area contributed by atoms with Crippen LogP contribution in [0.15, 0.2) is 35.8 Å². The molecule has 2 heterocycles. The van der Waals surface area contributed by atoms with Gasteiger partial charge in [-0.1, -0.05) is 35.6 Å². The van der Waals surface area contributed by atoms with Crippen molar-refractivity contribution in [1.82, 2.24) is 9.38 Å². The molecule has 0 aliphatic rings. The number of fused-ring (bicyclic) bond motifs is 1. The van der Waals surface area contributed by atoms with E-state index in [1.807, 2.05) is 24.3 Å². The summed E-state index contributed by atoms with van der Waals surface area (Å²) in [5.74, 6) is 0.205. The maximum absolute atomic E-state index is 11.2. The zero-order valence-electron chi connectivity index (χ0n) is 10.9. The maximum Gasteiger partial charge on any atom is 0.372 e. The summed E-state index contributed by atoms with van der Waals surface area (Å²) in [4.78, 5) is 15.5. The van der Waals surface area contributed by atoms with Gasteiger partial charge in [-0.15, -0.1) is 0 Å². The molecule has 0 saturated heterocycles. The van der Waals surface area contributed by atoms with Crippen molar-refractivity contribution in [2.45, 2.75) is 13.2 Å². The summed E-state index contributed by atoms with van der Waals surface area (Å²) in [5.41, 5.74) is 1.78. The molecule has 0 saturated carbocycles. The van der Waals surface area contributed by atoms with Crippen LogP contribution in [-0.2, 0) is 13.2 Å². The molecule has 0 bridgehead atoms. The number of aromatic nitrogens is 2. The third-order valence-corrected chi connectivity index (χ3v) is 3.83. The van der Waals surface area contributed by atoms with Gasteiger partial charge in [0.05, 0.1) is 6.61 Å². The van der Waals surface area contributed by atoms with Crippen molar-refractivity contribution in [2.24, 2.45) is 0 Å². The number of aliphatic hydroxyl groups is 1. The van der Waals surface area contributed by atoms with E-state index in [1.54, 1.807) is 11.6 Å². The van der Waals surface area contributed by atoms with Crippen molar-refractivity contribution in [1.29, 1.82) is 0 Å². The minimum absolute atomic E-state index is 0.00347. The Kier molecular flexibility index (Phi) is 3.55. The van der Waals surface area contributed by atoms with Crippen molar-refractivity contribution in [3.8, 4) is 0 Å². The highest BCUT2D eigenvalue weighted by Gasteiger charge is 2.23. The van der Waals surface area contributed by atoms with Gasteiger partial charge < -0.3 is 20.5 Å². The van der Waals surface area contributed by atoms with Gasteiger partial charge in [0.2, 0.25) is 5.82 Å². The van der Waals surface area contributed by atoms with Gasteiger partial charge in [-0.3, -0.25) is 0 Å². The molecule has 1 aromatic carbocycles. The van der Waals surface area contributed by atoms with E-state index in [4.69, 9.17) is 5.11 Å². The molecule has 0 unspecified atom stereocenters. The molecular weight excluding hydrogens is 292 g/mol. The van der Waals surface area contributed by atoms with Gasteiger partial charge in [0.25, 0.3) is 4.96 Å². The third kappa shape index (κ3) is 2.58. The molecule has 0 spiro atoms. The summed E-state index contributed by atoms with van der Waals surface area (Å²) in [6, 6.07) is 7.36. The monoisotopic (exact) mass is 304 g/mol. The SMILES string of the molecule is O=[N+]([O-])c1c(NCc2ccc(CO)cc2)nc2sccn12. The smallest absolute Gasteiger partial charge is 0.372 e. The molecule has 108 valence electrons. The minimum Gasteiger partial charge on any atom is -0.392 e. The first-order chi connectivity index (χ1) is 10.2. The lowest BCUT2D eigenvalue weighted by Gasteiger charge is -2.04. The number of hydrogen-bond acceptors (Lipinski definition) is 6. The molecule has 0 amide bonds. The molecule has 0 atom stereocenters. The van der Waals surface area contributed by atoms with E-state index in [0.29, 0.717) is 11.5 Å². The molecule has 0 aliphatic carbocycles. The van der Waals surface area contributed by atoms with Crippen LogP contribution < -0.4 is 5.32 Å². The number of nitrogens with zero attached hydrogens (tertiary/aromatic N) is 3. The fourth-order valence-corrected chi connectivity index (χ4v) is 2.72. The van der Waals surface area contributed by atoms with E-state index in [1.165, 1.54) is 15.7 Å². The Morgan fingerprint density at radius 2 is 2.05 bits per heavy atom. The topological polar surface area (TPSA) is 92.7 Å². The summed E-state index contributed by atoms with van der Waals surface area (Å²) in [6.07, 6.45) is 1.63. The first kappa shape index (κ1) is 13.5. The largest absolute Gasteiger partial charge is 0.392 e. The van der Waals surface area contributed by atoms with Gasteiger partial charge >= 0.3 is 5.82 Å². The average Bonchev–Trinajstić information content (AvgIpc) is 3.05. The van der Waals surface area contributed by atoms with Crippen molar-refractivity contribution in [2.75, 3.05) is 5.32 Å². The fourth-order valence-electron chi connectivity index (χ4n) is 2.02. The summed E-state index contributed by atoms with van der Waals surface area (Å²) >= 11 is 1.35. The molecule has 3 aromatic rings. The summed E-state index contributed by atoms with van der Waals surface area (Å²) < 4.78 is 1.46. The first-order valence-corrected chi connectivity index (χ1v) is 7.09. The predicted octanol–water partition coefficient (Wildman–Crippen LogP) is 2.41. The predicted molar refractivity (Wildman–Crippen MR) is 79.4 cm³/mol. The maximum atomic E-state index is 11.2. The van der Waals surface area contributed by atoms with Crippen LogP contribution in [0.2, 0.25) is 0 Å². The minimum atomic E-state index is -0.441. The molecule has 0 radical (unpaired) electrons. The summed E-state index contributed by atoms with van der Waals surface area (Å²) in [5, 5.41) is 24.9. The van der Waals surface area contributed by atoms with Crippen LogP contribution in [-0.4, -0.2) is 19.4 Å². The van der Waals surface area contributed by atoms with Crippen LogP contribution in [0, 0.1) is 10.1 Å². The van der Waals surface area contributed by atoms with Crippen LogP contribution >= 0.6 is 11.3 Å². The van der Waals surface area contributed by atoms with Crippen LogP contribution in [0.4, 0.5) is 11.6 Å². The highest BCUT2D eigenvalue weighted by Crippen LogP contribution is 2.28. The first-order valence-electron chi connectivity index (χ1n) is 6.21. The molecule has 0 aliphatic heterocycles. The Morgan fingerprint density at radius 3 is 2.71 bits per heavy atom. The van der Waals surface area contributed by atoms with E-state index in [2.05, 4.69) is 10.3 Å². The van der Waals surface area contributed by atoms with Gasteiger partial charge in [-0.2, -0.15) is 9.38 Å². The van der Waals surface area contributed by atoms with Crippen molar-refractivity contribution < 1.29 is 10.0 Å². The Bertz CT molecular complexity index is 778. The Hall–Kier alpha value is -2.45. The van der Waals surface area contributed by atoms with E-state index in [9.17, 15) is 10.1 Å². The third-order valence-electron chi connectivity index (χ3n) is 3.08. The van der Waals surface area contributed by atoms with E-state index < -0.39 is 4.92 Å². The van der Waals surface area contributed by atoms with Gasteiger partial charge in [0.1, 0.15) is 6.20 Å². The number of rotatable bonds is 5. The van der Waals surface area contributed by atoms with Crippen LogP contribution in [0.3, 0.4) is 0 Å². The Labute approximate surface area is 123 Å². The van der Waals surface area contributed by atoms with Crippen molar-refractivity contribution in [3.63, 3.8) is 0 Å². The number of anilines is 1. The highest BCUT2D eigenvalue weighted by atomic mass is 32.1. The molecule has 2 N–H and O–H groups in total. The normalized spacial score (nSPS) is 10.9. The lowest BCUT2D eigenvalue weighted by Crippen LogP contribution is -2.03. The fraction of sp³-hybridized carbons (Fsp3) is 0.154. The molecular formula is C13H12N4O3S. The molecule has 7 nitrogen and oxygen atoms in total. The highest BCUT2D eigenvalue weighted by molar-refractivity contribution is 7.15. The van der Waals surface area contributed by atoms with Crippen LogP contribution in [0.25, 0.3) is 4.96 Å². The summed E-state index contributed by atoms with van der Waals surface area (Å²) in [7, 11) is 0. The number of nitrogens with one attached hydrogen (secondary N) is 1. The molecule has 0 fully saturated rings. The second kappa shape index (κ2) is 5.51. The molecule has 21 heavy (non-hydrogen) atoms. The number of imidazole rings is 1. The molecule has 8 heteroatoms. The van der Waals surface area contributed by atoms with Crippen LogP contribution in [0.5, 0.6) is 0 Å². The number of nitro groups is 1. The number of benzene rings is 1. The standard InChI is InChI=1S/C13H12N4O3S/c18-8-10-3-1-9(2-4-10)7-14-11-12(17(19)20)16-5-6-21-13(16)15-11/h1-6,14,18H,7-8H2. The second-order valence-electron chi connectivity index (χ2n) is 4.42. The molecule has 3 rings (SSSR count). The molecule has 2 aromatic heterocycles. The average molecular weight is 304 g/mol. The number of thiazole rings is 1. The van der Waals surface area contributed by atoms with E-state index in [-0.39, 0.29) is 18.2 Å². The van der Waals surface area contributed by atoms with Crippen LogP contribution in [0.1, 0.15) is 11.1 Å². The Morgan fingerprint density at radius 1 is 1.33 bits per heavy atom. The van der Waals surface area contributed by atoms with E-state index >= 15 is 0 Å². The lowest BCUT2D eigenvalue weighted by atomic mass is 10.1. The van der Waals surface area contributed by atoms with Crippen molar-refractivity contribution in [3.05, 3.63) is 57.1 Å². The number of hydrogen-bond donors (Lipinski definition) is 2. The zero-order chi connectivity index (χ0) is 14.8. The van der Waals surface area contributed by atoms with Crippen molar-refractivity contribution >= 4 is 27.9 Å². The second-order valence-corrected chi connectivity index (χ2v) is 5.30. The van der Waals surface area contributed by atoms with Gasteiger partial charge in [0.15, 0.2) is 0 Å². The van der Waals surface area contributed by atoms with Gasteiger partial charge in [-0.25, -0.2) is 0 Å². The van der Waals surface area contributed by atoms with Gasteiger partial charge in [-0.05, 0) is 16.1 Å². The zero-order valence-corrected chi connectivity index (χ0v) is 11.7. The summed E-state index contributed by atoms with van der Waals surface area (Å²) in [6.45, 7) is 0.424. The van der Waals surface area contributed by atoms with E-state index in [0.717, 1.165) is 11.1 Å². The Balaban J connectivity index is 1.82.